The van der Waals surface area contributed by atoms with Crippen LogP contribution in [0.15, 0.2) is 30.3 Å². The summed E-state index contributed by atoms with van der Waals surface area (Å²) in [5.74, 6) is -0.189. The van der Waals surface area contributed by atoms with Gasteiger partial charge < -0.3 is 16.0 Å². The van der Waals surface area contributed by atoms with E-state index >= 15 is 0 Å². The Balaban J connectivity index is 2.52. The quantitative estimate of drug-likeness (QED) is 0.620. The van der Waals surface area contributed by atoms with Crippen LogP contribution in [0, 0.1) is 0 Å². The molecule has 1 atom stereocenters. The van der Waals surface area contributed by atoms with Gasteiger partial charge in [0.2, 0.25) is 11.8 Å². The molecule has 1 rings (SSSR count). The maximum atomic E-state index is 11.9. The summed E-state index contributed by atoms with van der Waals surface area (Å²) in [6.45, 7) is 2.97. The lowest BCUT2D eigenvalue weighted by Gasteiger charge is -2.18. The largest absolute Gasteiger partial charge is 0.356 e. The van der Waals surface area contributed by atoms with E-state index in [4.69, 9.17) is 0 Å². The van der Waals surface area contributed by atoms with Crippen molar-refractivity contribution >= 4 is 11.8 Å². The van der Waals surface area contributed by atoms with Crippen molar-refractivity contribution in [2.24, 2.45) is 0 Å². The summed E-state index contributed by atoms with van der Waals surface area (Å²) in [5, 5.41) is 8.70. The maximum Gasteiger partial charge on any atom is 0.222 e. The third kappa shape index (κ3) is 6.33. The van der Waals surface area contributed by atoms with Crippen LogP contribution >= 0.6 is 0 Å². The molecule has 0 saturated carbocycles. The number of hydrogen-bond acceptors (Lipinski definition) is 3. The Bertz CT molecular complexity index is 420. The highest BCUT2D eigenvalue weighted by Crippen LogP contribution is 2.16. The highest BCUT2D eigenvalue weighted by atomic mass is 16.2. The lowest BCUT2D eigenvalue weighted by Crippen LogP contribution is -2.33. The Morgan fingerprint density at radius 3 is 2.45 bits per heavy atom. The third-order valence-electron chi connectivity index (χ3n) is 2.89. The van der Waals surface area contributed by atoms with Crippen molar-refractivity contribution in [2.75, 3.05) is 20.1 Å². The molecule has 5 heteroatoms. The zero-order valence-corrected chi connectivity index (χ0v) is 12.1. The van der Waals surface area contributed by atoms with E-state index in [1.54, 1.807) is 0 Å². The summed E-state index contributed by atoms with van der Waals surface area (Å²) >= 11 is 0. The van der Waals surface area contributed by atoms with E-state index < -0.39 is 0 Å². The fourth-order valence-electron chi connectivity index (χ4n) is 1.93. The van der Waals surface area contributed by atoms with Gasteiger partial charge in [0.05, 0.1) is 12.5 Å². The van der Waals surface area contributed by atoms with E-state index in [1.165, 1.54) is 6.92 Å². The first-order valence-electron chi connectivity index (χ1n) is 6.87. The van der Waals surface area contributed by atoms with E-state index in [9.17, 15) is 9.59 Å². The van der Waals surface area contributed by atoms with E-state index in [-0.39, 0.29) is 24.3 Å². The summed E-state index contributed by atoms with van der Waals surface area (Å²) in [4.78, 5) is 23.1. The summed E-state index contributed by atoms with van der Waals surface area (Å²) in [7, 11) is 1.88. The molecule has 1 aromatic rings. The standard InChI is InChI=1S/C15H23N3O2/c1-12(19)18-14(13-7-4-3-5-8-13)11-15(20)17-10-6-9-16-2/h3-5,7-8,14,16H,6,9-11H2,1-2H3,(H,17,20)(H,18,19). The third-order valence-corrected chi connectivity index (χ3v) is 2.89. The average molecular weight is 277 g/mol. The van der Waals surface area contributed by atoms with Gasteiger partial charge in [-0.25, -0.2) is 0 Å². The van der Waals surface area contributed by atoms with Crippen LogP contribution in [0.1, 0.15) is 31.4 Å². The zero-order valence-electron chi connectivity index (χ0n) is 12.1. The monoisotopic (exact) mass is 277 g/mol. The lowest BCUT2D eigenvalue weighted by molar-refractivity contribution is -0.122. The van der Waals surface area contributed by atoms with E-state index in [1.807, 2.05) is 37.4 Å². The molecule has 0 heterocycles. The Hall–Kier alpha value is -1.88. The van der Waals surface area contributed by atoms with Crippen molar-refractivity contribution in [3.8, 4) is 0 Å². The summed E-state index contributed by atoms with van der Waals surface area (Å²) in [6, 6.07) is 9.25. The summed E-state index contributed by atoms with van der Waals surface area (Å²) in [5.41, 5.74) is 0.938. The predicted molar refractivity (Wildman–Crippen MR) is 79.2 cm³/mol. The van der Waals surface area contributed by atoms with Crippen molar-refractivity contribution in [2.45, 2.75) is 25.8 Å². The molecule has 1 aromatic carbocycles. The molecule has 0 aliphatic rings. The van der Waals surface area contributed by atoms with Gasteiger partial charge in [-0.3, -0.25) is 9.59 Å². The number of carbonyl (C=O) groups is 2. The average Bonchev–Trinajstić information content (AvgIpc) is 2.43. The molecule has 2 amide bonds. The van der Waals surface area contributed by atoms with Gasteiger partial charge in [-0.2, -0.15) is 0 Å². The molecule has 0 aromatic heterocycles. The van der Waals surface area contributed by atoms with Crippen molar-refractivity contribution in [3.63, 3.8) is 0 Å². The minimum Gasteiger partial charge on any atom is -0.356 e. The van der Waals surface area contributed by atoms with Gasteiger partial charge in [0.25, 0.3) is 0 Å². The molecular formula is C15H23N3O2. The van der Waals surface area contributed by atoms with Crippen molar-refractivity contribution < 1.29 is 9.59 Å². The van der Waals surface area contributed by atoms with Crippen LogP contribution in [-0.2, 0) is 9.59 Å². The van der Waals surface area contributed by atoms with Crippen LogP contribution in [-0.4, -0.2) is 32.0 Å². The first kappa shape index (κ1) is 16.2. The molecule has 110 valence electrons. The Morgan fingerprint density at radius 1 is 1.15 bits per heavy atom. The minimum absolute atomic E-state index is 0.0521. The normalized spacial score (nSPS) is 11.7. The van der Waals surface area contributed by atoms with Crippen LogP contribution in [0.5, 0.6) is 0 Å². The predicted octanol–water partition coefficient (Wildman–Crippen LogP) is 0.980. The van der Waals surface area contributed by atoms with Gasteiger partial charge in [-0.1, -0.05) is 30.3 Å². The second-order valence-corrected chi connectivity index (χ2v) is 4.67. The van der Waals surface area contributed by atoms with Crippen molar-refractivity contribution in [1.82, 2.24) is 16.0 Å². The number of carbonyl (C=O) groups excluding carboxylic acids is 2. The second-order valence-electron chi connectivity index (χ2n) is 4.67. The molecule has 1 unspecified atom stereocenters. The van der Waals surface area contributed by atoms with Crippen LogP contribution in [0.3, 0.4) is 0 Å². The fourth-order valence-corrected chi connectivity index (χ4v) is 1.93. The Kier molecular flexibility index (Phi) is 7.35. The lowest BCUT2D eigenvalue weighted by atomic mass is 10.0. The SMILES string of the molecule is CNCCCNC(=O)CC(NC(C)=O)c1ccccc1. The van der Waals surface area contributed by atoms with Gasteiger partial charge in [0.1, 0.15) is 0 Å². The smallest absolute Gasteiger partial charge is 0.222 e. The number of rotatable bonds is 8. The molecule has 5 nitrogen and oxygen atoms in total. The molecule has 0 aliphatic carbocycles. The van der Waals surface area contributed by atoms with Gasteiger partial charge >= 0.3 is 0 Å². The number of benzene rings is 1. The molecule has 0 aliphatic heterocycles. The van der Waals surface area contributed by atoms with Gasteiger partial charge in [0, 0.05) is 13.5 Å². The number of amides is 2. The summed E-state index contributed by atoms with van der Waals surface area (Å²) < 4.78 is 0. The minimum atomic E-state index is -0.280. The maximum absolute atomic E-state index is 11.9. The molecular weight excluding hydrogens is 254 g/mol. The van der Waals surface area contributed by atoms with Crippen LogP contribution in [0.25, 0.3) is 0 Å². The second kappa shape index (κ2) is 9.09. The molecule has 0 spiro atoms. The summed E-state index contributed by atoms with van der Waals surface area (Å²) in [6.07, 6.45) is 1.14. The fraction of sp³-hybridized carbons (Fsp3) is 0.467. The first-order chi connectivity index (χ1) is 9.63. The number of nitrogens with one attached hydrogen (secondary N) is 3. The Morgan fingerprint density at radius 2 is 1.85 bits per heavy atom. The van der Waals surface area contributed by atoms with E-state index in [0.29, 0.717) is 6.54 Å². The Labute approximate surface area is 120 Å². The highest BCUT2D eigenvalue weighted by molar-refractivity contribution is 5.79. The van der Waals surface area contributed by atoms with Crippen molar-refractivity contribution in [3.05, 3.63) is 35.9 Å². The van der Waals surface area contributed by atoms with Crippen LogP contribution in [0.2, 0.25) is 0 Å². The molecule has 20 heavy (non-hydrogen) atoms. The molecule has 0 saturated heterocycles. The van der Waals surface area contributed by atoms with Crippen LogP contribution in [0.4, 0.5) is 0 Å². The van der Waals surface area contributed by atoms with Gasteiger partial charge in [-0.05, 0) is 25.6 Å². The number of hydrogen-bond donors (Lipinski definition) is 3. The van der Waals surface area contributed by atoms with Gasteiger partial charge in [0.15, 0.2) is 0 Å². The van der Waals surface area contributed by atoms with E-state index in [0.717, 1.165) is 18.5 Å². The molecule has 0 bridgehead atoms. The van der Waals surface area contributed by atoms with Crippen LogP contribution < -0.4 is 16.0 Å². The zero-order chi connectivity index (χ0) is 14.8. The first-order valence-corrected chi connectivity index (χ1v) is 6.87. The van der Waals surface area contributed by atoms with E-state index in [2.05, 4.69) is 16.0 Å². The molecule has 3 N–H and O–H groups in total. The highest BCUT2D eigenvalue weighted by Gasteiger charge is 2.16. The molecule has 0 fully saturated rings. The van der Waals surface area contributed by atoms with Crippen molar-refractivity contribution in [1.29, 1.82) is 0 Å². The van der Waals surface area contributed by atoms with Gasteiger partial charge in [-0.15, -0.1) is 0 Å². The molecule has 0 radical (unpaired) electrons. The topological polar surface area (TPSA) is 70.2 Å².